The normalized spacial score (nSPS) is 23.1. The van der Waals surface area contributed by atoms with Crippen molar-refractivity contribution in [3.05, 3.63) is 146 Å². The zero-order chi connectivity index (χ0) is 70.0. The third-order valence-corrected chi connectivity index (χ3v) is 19.7. The molecule has 30 nitrogen and oxygen atoms in total. The topological polar surface area (TPSA) is 274 Å². The van der Waals surface area contributed by atoms with Gasteiger partial charge in [0.1, 0.15) is 34.9 Å². The summed E-state index contributed by atoms with van der Waals surface area (Å²) in [5, 5.41) is 0. The molecule has 0 radical (unpaired) electrons. The highest BCUT2D eigenvalue weighted by atomic mass is 16.7. The highest BCUT2D eigenvalue weighted by molar-refractivity contribution is 5.77. The van der Waals surface area contributed by atoms with Gasteiger partial charge in [-0.25, -0.2) is 29.9 Å². The third-order valence-electron chi connectivity index (χ3n) is 19.7. The largest absolute Gasteiger partial charge is 0.453 e. The average Bonchev–Trinajstić information content (AvgIpc) is 0.753. The van der Waals surface area contributed by atoms with Gasteiger partial charge >= 0.3 is 35.8 Å². The number of nitrogens with zero attached hydrogens (tertiary/aromatic N) is 18. The fraction of sp³-hybridized carbons (Fsp3) is 0.500. The number of anilines is 6. The summed E-state index contributed by atoms with van der Waals surface area (Å²) in [6.45, 7) is 9.83. The molecule has 12 heterocycles. The molecular weight excluding hydrogens is 1310 g/mol. The molecule has 7 aliphatic rings. The van der Waals surface area contributed by atoms with Crippen molar-refractivity contribution in [1.29, 1.82) is 0 Å². The highest BCUT2D eigenvalue weighted by Crippen LogP contribution is 2.36. The summed E-state index contributed by atoms with van der Waals surface area (Å²) >= 11 is 0. The van der Waals surface area contributed by atoms with E-state index in [9.17, 15) is 0 Å². The Hall–Kier alpha value is -9.72. The number of carbonyl (C=O) groups is 6. The van der Waals surface area contributed by atoms with Crippen LogP contribution in [0.25, 0.3) is 0 Å². The van der Waals surface area contributed by atoms with Crippen LogP contribution in [-0.4, -0.2) is 328 Å². The SMILES string of the molecule is O=C(CN1CCN(c2ccccn2)CC1)OC1C(OC(=O)CN2CCN(c3ccccn3)CC2)C(OC(=O)CN2CCN(c3ccccn3)CC2)C(OC(=O)CN2CCN(c3ccccn3)CC2)C(OC(=O)CN2CCN(c3ccccn3)CC2)C1OC(=O)CN1CCN(c2ccccn2)CC1. The van der Waals surface area contributed by atoms with E-state index >= 15 is 28.8 Å². The number of hydrogen-bond acceptors (Lipinski definition) is 30. The first-order valence-corrected chi connectivity index (χ1v) is 35.4. The van der Waals surface area contributed by atoms with Crippen LogP contribution < -0.4 is 29.4 Å². The number of carbonyl (C=O) groups excluding carboxylic acids is 6. The van der Waals surface area contributed by atoms with Gasteiger partial charge in [-0.15, -0.1) is 0 Å². The van der Waals surface area contributed by atoms with Crippen LogP contribution >= 0.6 is 0 Å². The summed E-state index contributed by atoms with van der Waals surface area (Å²) in [5.41, 5.74) is 0. The Kier molecular flexibility index (Phi) is 24.1. The van der Waals surface area contributed by atoms with E-state index in [1.165, 1.54) is 0 Å². The maximum atomic E-state index is 15.2. The molecule has 6 aliphatic heterocycles. The standard InChI is InChI=1S/C72H90N18O12/c91-61(49-79-25-37-85(38-26-79)55-13-1-7-19-73-55)97-67-68(98-62(92)50-80-27-39-86(40-28-80)56-14-2-8-20-74-56)70(100-64(94)52-82-31-43-88(44-32-82)58-16-4-10-22-76-58)72(102-66(96)54-84-35-47-90(48-36-84)60-18-6-12-24-78-60)71(101-65(95)53-83-33-45-89(46-34-83)59-17-5-11-23-77-59)69(67)99-63(93)51-81-29-41-87(42-30-81)57-15-3-9-21-75-57/h1-24,67-72H,25-54H2. The van der Waals surface area contributed by atoms with Crippen LogP contribution in [0.4, 0.5) is 34.9 Å². The van der Waals surface area contributed by atoms with Crippen LogP contribution in [-0.2, 0) is 57.2 Å². The molecule has 0 spiro atoms. The molecule has 6 aromatic rings. The van der Waals surface area contributed by atoms with Gasteiger partial charge in [0.15, 0.2) is 36.6 Å². The first-order valence-electron chi connectivity index (χ1n) is 35.4. The van der Waals surface area contributed by atoms with Crippen LogP contribution in [0.1, 0.15) is 0 Å². The quantitative estimate of drug-likeness (QED) is 0.0598. The lowest BCUT2D eigenvalue weighted by Crippen LogP contribution is -2.70. The number of aromatic nitrogens is 6. The van der Waals surface area contributed by atoms with Crippen molar-refractivity contribution >= 4 is 70.7 Å². The van der Waals surface area contributed by atoms with Crippen LogP contribution in [0, 0.1) is 0 Å². The van der Waals surface area contributed by atoms with Crippen LogP contribution in [0.2, 0.25) is 0 Å². The monoisotopic (exact) mass is 1400 g/mol. The Morgan fingerprint density at radius 1 is 0.225 bits per heavy atom. The van der Waals surface area contributed by atoms with Crippen molar-refractivity contribution in [3.63, 3.8) is 0 Å². The molecule has 7 fully saturated rings. The van der Waals surface area contributed by atoms with E-state index in [1.54, 1.807) is 37.2 Å². The fourth-order valence-electron chi connectivity index (χ4n) is 14.2. The molecule has 0 N–H and O–H groups in total. The van der Waals surface area contributed by atoms with Gasteiger partial charge in [-0.3, -0.25) is 58.2 Å². The molecule has 0 unspecified atom stereocenters. The second-order valence-electron chi connectivity index (χ2n) is 26.4. The number of rotatable bonds is 24. The van der Waals surface area contributed by atoms with E-state index in [0.29, 0.717) is 157 Å². The Bertz CT molecular complexity index is 3010. The van der Waals surface area contributed by atoms with Gasteiger partial charge in [0.05, 0.1) is 39.3 Å². The molecule has 0 amide bonds. The lowest BCUT2D eigenvalue weighted by atomic mass is 9.83. The van der Waals surface area contributed by atoms with E-state index in [0.717, 1.165) is 34.9 Å². The van der Waals surface area contributed by atoms with Crippen LogP contribution in [0.5, 0.6) is 0 Å². The molecule has 0 atom stereocenters. The number of hydrogen-bond donors (Lipinski definition) is 0. The molecule has 0 bridgehead atoms. The first-order chi connectivity index (χ1) is 50.0. The minimum absolute atomic E-state index is 0.273. The molecular formula is C72H90N18O12. The highest BCUT2D eigenvalue weighted by Gasteiger charge is 2.62. The number of ether oxygens (including phenoxy) is 6. The summed E-state index contributed by atoms with van der Waals surface area (Å²) in [6.07, 6.45) is -0.734. The Labute approximate surface area is 593 Å². The van der Waals surface area contributed by atoms with Gasteiger partial charge in [-0.05, 0) is 72.8 Å². The van der Waals surface area contributed by atoms with Gasteiger partial charge in [-0.1, -0.05) is 36.4 Å². The first kappa shape index (κ1) is 70.7. The molecule has 30 heteroatoms. The van der Waals surface area contributed by atoms with Crippen molar-refractivity contribution in [2.45, 2.75) is 36.6 Å². The number of pyridine rings is 6. The fourth-order valence-corrected chi connectivity index (χ4v) is 14.2. The summed E-state index contributed by atoms with van der Waals surface area (Å²) < 4.78 is 40.1. The zero-order valence-electron chi connectivity index (χ0n) is 57.5. The maximum absolute atomic E-state index is 15.2. The molecule has 1 saturated carbocycles. The average molecular weight is 1400 g/mol. The Morgan fingerprint density at radius 2 is 0.363 bits per heavy atom. The third kappa shape index (κ3) is 19.1. The summed E-state index contributed by atoms with van der Waals surface area (Å²) in [4.78, 5) is 143. The van der Waals surface area contributed by atoms with E-state index in [-0.39, 0.29) is 39.3 Å². The van der Waals surface area contributed by atoms with E-state index in [1.807, 2.05) is 139 Å². The zero-order valence-corrected chi connectivity index (χ0v) is 57.5. The molecule has 1 aliphatic carbocycles. The summed E-state index contributed by atoms with van der Waals surface area (Å²) in [7, 11) is 0. The van der Waals surface area contributed by atoms with E-state index in [2.05, 4.69) is 59.3 Å². The predicted octanol–water partition coefficient (Wildman–Crippen LogP) is 0.774. The Balaban J connectivity index is 0.843. The number of esters is 6. The molecule has 6 saturated heterocycles. The van der Waals surface area contributed by atoms with Crippen molar-refractivity contribution in [3.8, 4) is 0 Å². The molecule has 102 heavy (non-hydrogen) atoms. The molecule has 0 aromatic carbocycles. The lowest BCUT2D eigenvalue weighted by Gasteiger charge is -2.48. The van der Waals surface area contributed by atoms with Gasteiger partial charge in [0, 0.05) is 194 Å². The molecule has 6 aromatic heterocycles. The van der Waals surface area contributed by atoms with Gasteiger partial charge in [-0.2, -0.15) is 0 Å². The van der Waals surface area contributed by atoms with Crippen molar-refractivity contribution in [2.75, 3.05) is 226 Å². The van der Waals surface area contributed by atoms with E-state index in [4.69, 9.17) is 28.4 Å². The summed E-state index contributed by atoms with van der Waals surface area (Å²) in [5.74, 6) is -0.105. The molecule has 13 rings (SSSR count). The second kappa shape index (κ2) is 34.8. The minimum atomic E-state index is -1.85. The molecule has 540 valence electrons. The Morgan fingerprint density at radius 3 is 0.480 bits per heavy atom. The van der Waals surface area contributed by atoms with Crippen LogP contribution in [0.3, 0.4) is 0 Å². The van der Waals surface area contributed by atoms with Crippen LogP contribution in [0.15, 0.2) is 146 Å². The van der Waals surface area contributed by atoms with Gasteiger partial charge < -0.3 is 57.8 Å². The second-order valence-corrected chi connectivity index (χ2v) is 26.4. The van der Waals surface area contributed by atoms with E-state index < -0.39 is 72.4 Å². The van der Waals surface area contributed by atoms with Gasteiger partial charge in [0.2, 0.25) is 0 Å². The minimum Gasteiger partial charge on any atom is -0.453 e. The lowest BCUT2D eigenvalue weighted by molar-refractivity contribution is -0.262. The van der Waals surface area contributed by atoms with Crippen molar-refractivity contribution in [2.24, 2.45) is 0 Å². The summed E-state index contributed by atoms with van der Waals surface area (Å²) in [6, 6.07) is 34.1. The van der Waals surface area contributed by atoms with Crippen molar-refractivity contribution in [1.82, 2.24) is 59.3 Å². The predicted molar refractivity (Wildman–Crippen MR) is 377 cm³/mol. The van der Waals surface area contributed by atoms with Gasteiger partial charge in [0.25, 0.3) is 0 Å². The maximum Gasteiger partial charge on any atom is 0.320 e. The number of piperazine rings is 6. The van der Waals surface area contributed by atoms with Crippen molar-refractivity contribution < 1.29 is 57.2 Å². The smallest absolute Gasteiger partial charge is 0.320 e.